The number of benzene rings is 7. The monoisotopic (exact) mass is 761 g/mol. The van der Waals surface area contributed by atoms with Gasteiger partial charge in [-0.1, -0.05) is 166 Å². The number of furan rings is 1. The van der Waals surface area contributed by atoms with Crippen molar-refractivity contribution in [1.82, 2.24) is 0 Å². The Morgan fingerprint density at radius 1 is 0.576 bits per heavy atom. The zero-order valence-corrected chi connectivity index (χ0v) is 33.6. The van der Waals surface area contributed by atoms with Crippen LogP contribution in [0.5, 0.6) is 0 Å². The molecule has 1 aromatic heterocycles. The molecule has 3 aliphatic carbocycles. The third-order valence-corrected chi connectivity index (χ3v) is 13.2. The molecule has 8 aromatic rings. The topological polar surface area (TPSA) is 16.4 Å². The fourth-order valence-electron chi connectivity index (χ4n) is 10.2. The molecule has 286 valence electrons. The first-order valence-corrected chi connectivity index (χ1v) is 21.4. The number of anilines is 3. The van der Waals surface area contributed by atoms with Crippen molar-refractivity contribution in [2.24, 2.45) is 5.41 Å². The Morgan fingerprint density at radius 2 is 1.34 bits per heavy atom. The number of rotatable bonds is 7. The molecule has 2 nitrogen and oxygen atoms in total. The lowest BCUT2D eigenvalue weighted by molar-refractivity contribution is 0.445. The molecule has 0 saturated heterocycles. The van der Waals surface area contributed by atoms with Crippen LogP contribution < -0.4 is 4.90 Å². The van der Waals surface area contributed by atoms with Crippen molar-refractivity contribution in [2.45, 2.75) is 51.4 Å². The fourth-order valence-corrected chi connectivity index (χ4v) is 10.2. The molecule has 2 heteroatoms. The summed E-state index contributed by atoms with van der Waals surface area (Å²) in [5.74, 6) is 0.591. The molecule has 0 spiro atoms. The quantitative estimate of drug-likeness (QED) is 0.161. The minimum atomic E-state index is -0.00682. The Kier molecular flexibility index (Phi) is 8.81. The SMILES string of the molecule is CC12C=CC=CC1=C(c1cccc(N(c3ccc(-c4ccc5oc6ccccc6c5c4)cc3)c3ccccc3-c3cccc4cccc(C5CCCCC5)c34)c1)C=CC2. The van der Waals surface area contributed by atoms with Crippen LogP contribution in [-0.2, 0) is 0 Å². The van der Waals surface area contributed by atoms with Gasteiger partial charge in [0.1, 0.15) is 11.2 Å². The van der Waals surface area contributed by atoms with E-state index in [2.05, 4.69) is 188 Å². The molecule has 0 aliphatic heterocycles. The highest BCUT2D eigenvalue weighted by Gasteiger charge is 2.30. The van der Waals surface area contributed by atoms with E-state index in [1.165, 1.54) is 87.4 Å². The predicted octanol–water partition coefficient (Wildman–Crippen LogP) is 16.4. The van der Waals surface area contributed by atoms with Crippen LogP contribution >= 0.6 is 0 Å². The van der Waals surface area contributed by atoms with Gasteiger partial charge in [0.05, 0.1) is 5.69 Å². The maximum atomic E-state index is 6.18. The van der Waals surface area contributed by atoms with Gasteiger partial charge < -0.3 is 9.32 Å². The van der Waals surface area contributed by atoms with E-state index >= 15 is 0 Å². The van der Waals surface area contributed by atoms with E-state index in [1.807, 2.05) is 12.1 Å². The van der Waals surface area contributed by atoms with Crippen molar-refractivity contribution < 1.29 is 4.42 Å². The summed E-state index contributed by atoms with van der Waals surface area (Å²) in [7, 11) is 0. The Morgan fingerprint density at radius 3 is 2.24 bits per heavy atom. The third kappa shape index (κ3) is 6.26. The molecule has 7 aromatic carbocycles. The van der Waals surface area contributed by atoms with E-state index in [0.29, 0.717) is 5.92 Å². The van der Waals surface area contributed by atoms with Crippen LogP contribution in [0, 0.1) is 5.41 Å². The van der Waals surface area contributed by atoms with Gasteiger partial charge in [-0.3, -0.25) is 0 Å². The lowest BCUT2D eigenvalue weighted by Crippen LogP contribution is -2.20. The molecular weight excluding hydrogens is 715 g/mol. The molecule has 1 unspecified atom stereocenters. The zero-order chi connectivity index (χ0) is 39.3. The average molecular weight is 762 g/mol. The highest BCUT2D eigenvalue weighted by Crippen LogP contribution is 2.48. The van der Waals surface area contributed by atoms with Gasteiger partial charge in [0, 0.05) is 33.1 Å². The van der Waals surface area contributed by atoms with Crippen LogP contribution in [0.2, 0.25) is 0 Å². The smallest absolute Gasteiger partial charge is 0.135 e. The van der Waals surface area contributed by atoms with E-state index in [4.69, 9.17) is 4.42 Å². The molecule has 0 amide bonds. The van der Waals surface area contributed by atoms with E-state index in [9.17, 15) is 0 Å². The number of para-hydroxylation sites is 2. The summed E-state index contributed by atoms with van der Waals surface area (Å²) in [6.07, 6.45) is 21.2. The molecule has 0 N–H and O–H groups in total. The number of fused-ring (bicyclic) bond motifs is 5. The number of hydrogen-bond donors (Lipinski definition) is 0. The molecule has 1 atom stereocenters. The predicted molar refractivity (Wildman–Crippen MR) is 250 cm³/mol. The molecular formula is C57H47NO. The maximum Gasteiger partial charge on any atom is 0.135 e. The second-order valence-electron chi connectivity index (χ2n) is 16.9. The maximum absolute atomic E-state index is 6.18. The highest BCUT2D eigenvalue weighted by atomic mass is 16.3. The third-order valence-electron chi connectivity index (χ3n) is 13.2. The van der Waals surface area contributed by atoms with Crippen molar-refractivity contribution in [3.63, 3.8) is 0 Å². The van der Waals surface area contributed by atoms with Gasteiger partial charge in [0.2, 0.25) is 0 Å². The molecule has 3 aliphatic rings. The average Bonchev–Trinajstić information content (AvgIpc) is 3.67. The van der Waals surface area contributed by atoms with E-state index in [0.717, 1.165) is 45.4 Å². The van der Waals surface area contributed by atoms with Crippen LogP contribution in [0.4, 0.5) is 17.1 Å². The van der Waals surface area contributed by atoms with Crippen molar-refractivity contribution >= 4 is 55.3 Å². The fraction of sp³-hybridized carbons (Fsp3) is 0.158. The lowest BCUT2D eigenvalue weighted by atomic mass is 9.71. The van der Waals surface area contributed by atoms with Crippen molar-refractivity contribution in [3.05, 3.63) is 205 Å². The van der Waals surface area contributed by atoms with Gasteiger partial charge in [-0.15, -0.1) is 0 Å². The van der Waals surface area contributed by atoms with Crippen LogP contribution in [-0.4, -0.2) is 0 Å². The Hall–Kier alpha value is -6.64. The molecule has 0 bridgehead atoms. The highest BCUT2D eigenvalue weighted by molar-refractivity contribution is 6.07. The van der Waals surface area contributed by atoms with Crippen molar-refractivity contribution in [2.75, 3.05) is 4.90 Å². The van der Waals surface area contributed by atoms with E-state index < -0.39 is 0 Å². The standard InChI is InChI=1S/C57H47NO/c1-57-35-10-9-26-52(57)46(25-14-36-57)43-19-11-20-45(37-43)58(44-32-29-39(30-33-44)42-31-34-55-51(38-42)49-22-6-8-28-54(49)59-55)53-27-7-5-21-48(53)50-24-13-18-41-17-12-23-47(56(41)50)40-15-3-2-4-16-40/h5-14,17-35,37-38,40H,2-4,15-16,36H2,1H3. The van der Waals surface area contributed by atoms with Gasteiger partial charge in [0.25, 0.3) is 0 Å². The van der Waals surface area contributed by atoms with Crippen LogP contribution in [0.25, 0.3) is 60.5 Å². The van der Waals surface area contributed by atoms with Gasteiger partial charge in [-0.25, -0.2) is 0 Å². The first-order chi connectivity index (χ1) is 29.1. The lowest BCUT2D eigenvalue weighted by Gasteiger charge is -2.34. The summed E-state index contributed by atoms with van der Waals surface area (Å²) in [5, 5.41) is 5.00. The summed E-state index contributed by atoms with van der Waals surface area (Å²) in [6, 6.07) is 56.1. The van der Waals surface area contributed by atoms with Crippen LogP contribution in [0.15, 0.2) is 198 Å². The molecule has 11 rings (SSSR count). The summed E-state index contributed by atoms with van der Waals surface area (Å²) >= 11 is 0. The molecule has 59 heavy (non-hydrogen) atoms. The molecule has 1 saturated carbocycles. The van der Waals surface area contributed by atoms with Gasteiger partial charge >= 0.3 is 0 Å². The van der Waals surface area contributed by atoms with Crippen molar-refractivity contribution in [1.29, 1.82) is 0 Å². The Bertz CT molecular complexity index is 3010. The summed E-state index contributed by atoms with van der Waals surface area (Å²) < 4.78 is 6.18. The van der Waals surface area contributed by atoms with Crippen LogP contribution in [0.1, 0.15) is 62.5 Å². The normalized spacial score (nSPS) is 17.9. The number of allylic oxidation sites excluding steroid dienone is 8. The molecule has 0 radical (unpaired) electrons. The number of hydrogen-bond acceptors (Lipinski definition) is 2. The minimum Gasteiger partial charge on any atom is -0.456 e. The second kappa shape index (κ2) is 14.6. The minimum absolute atomic E-state index is 0.00682. The zero-order valence-electron chi connectivity index (χ0n) is 33.6. The summed E-state index contributed by atoms with van der Waals surface area (Å²) in [4.78, 5) is 2.48. The van der Waals surface area contributed by atoms with E-state index in [-0.39, 0.29) is 5.41 Å². The number of nitrogens with zero attached hydrogens (tertiary/aromatic N) is 1. The van der Waals surface area contributed by atoms with Crippen LogP contribution in [0.3, 0.4) is 0 Å². The van der Waals surface area contributed by atoms with E-state index in [1.54, 1.807) is 0 Å². The first-order valence-electron chi connectivity index (χ1n) is 21.4. The largest absolute Gasteiger partial charge is 0.456 e. The van der Waals surface area contributed by atoms with Gasteiger partial charge in [-0.05, 0) is 123 Å². The molecule has 1 heterocycles. The summed E-state index contributed by atoms with van der Waals surface area (Å²) in [6.45, 7) is 2.36. The van der Waals surface area contributed by atoms with Gasteiger partial charge in [0.15, 0.2) is 0 Å². The second-order valence-corrected chi connectivity index (χ2v) is 16.9. The summed E-state index contributed by atoms with van der Waals surface area (Å²) in [5.41, 5.74) is 15.5. The first kappa shape index (κ1) is 35.5. The Balaban J connectivity index is 1.08. The Labute approximate surface area is 347 Å². The van der Waals surface area contributed by atoms with Gasteiger partial charge in [-0.2, -0.15) is 0 Å². The van der Waals surface area contributed by atoms with Crippen molar-refractivity contribution in [3.8, 4) is 22.3 Å². The molecule has 1 fully saturated rings.